The second kappa shape index (κ2) is 8.19. The SMILES string of the molecule is C=CCN1CCN(C(=O)C2N(c3ccc(OC)cc3)C(=O)C23CCCCC3)CC1. The molecule has 0 aromatic heterocycles. The summed E-state index contributed by atoms with van der Waals surface area (Å²) >= 11 is 0. The zero-order valence-corrected chi connectivity index (χ0v) is 17.3. The lowest BCUT2D eigenvalue weighted by molar-refractivity contribution is -0.156. The summed E-state index contributed by atoms with van der Waals surface area (Å²) in [6, 6.07) is 7.09. The minimum absolute atomic E-state index is 0.112. The van der Waals surface area contributed by atoms with Gasteiger partial charge in [0.1, 0.15) is 11.8 Å². The van der Waals surface area contributed by atoms with Gasteiger partial charge in [0.25, 0.3) is 0 Å². The molecule has 1 saturated carbocycles. The number of hydrogen-bond acceptors (Lipinski definition) is 4. The number of piperazine rings is 1. The highest BCUT2D eigenvalue weighted by molar-refractivity contribution is 6.14. The molecule has 4 rings (SSSR count). The fourth-order valence-electron chi connectivity index (χ4n) is 5.19. The van der Waals surface area contributed by atoms with E-state index in [2.05, 4.69) is 11.5 Å². The summed E-state index contributed by atoms with van der Waals surface area (Å²) in [6.07, 6.45) is 6.76. The first-order valence-electron chi connectivity index (χ1n) is 10.7. The lowest BCUT2D eigenvalue weighted by Crippen LogP contribution is -2.75. The highest BCUT2D eigenvalue weighted by atomic mass is 16.5. The van der Waals surface area contributed by atoms with E-state index in [1.54, 1.807) is 12.0 Å². The summed E-state index contributed by atoms with van der Waals surface area (Å²) in [7, 11) is 1.62. The van der Waals surface area contributed by atoms with Gasteiger partial charge in [0.15, 0.2) is 0 Å². The molecule has 6 heteroatoms. The number of hydrogen-bond donors (Lipinski definition) is 0. The second-order valence-corrected chi connectivity index (χ2v) is 8.41. The van der Waals surface area contributed by atoms with Gasteiger partial charge in [-0.2, -0.15) is 0 Å². The maximum Gasteiger partial charge on any atom is 0.246 e. The van der Waals surface area contributed by atoms with Gasteiger partial charge in [-0.3, -0.25) is 19.4 Å². The number of methoxy groups -OCH3 is 1. The number of benzene rings is 1. The Morgan fingerprint density at radius 3 is 2.38 bits per heavy atom. The highest BCUT2D eigenvalue weighted by Gasteiger charge is 2.64. The Kier molecular flexibility index (Phi) is 5.63. The maximum absolute atomic E-state index is 13.6. The van der Waals surface area contributed by atoms with E-state index in [-0.39, 0.29) is 17.9 Å². The van der Waals surface area contributed by atoms with Gasteiger partial charge in [-0.1, -0.05) is 25.3 Å². The fourth-order valence-corrected chi connectivity index (χ4v) is 5.19. The van der Waals surface area contributed by atoms with Crippen molar-refractivity contribution >= 4 is 17.5 Å². The van der Waals surface area contributed by atoms with E-state index in [9.17, 15) is 9.59 Å². The molecule has 2 saturated heterocycles. The Morgan fingerprint density at radius 1 is 1.14 bits per heavy atom. The number of anilines is 1. The summed E-state index contributed by atoms with van der Waals surface area (Å²) < 4.78 is 5.25. The number of carbonyl (C=O) groups excluding carboxylic acids is 2. The van der Waals surface area contributed by atoms with Crippen LogP contribution in [0.15, 0.2) is 36.9 Å². The first-order valence-corrected chi connectivity index (χ1v) is 10.7. The summed E-state index contributed by atoms with van der Waals surface area (Å²) in [4.78, 5) is 33.0. The minimum atomic E-state index is -0.506. The first kappa shape index (κ1) is 20.0. The molecule has 0 N–H and O–H groups in total. The van der Waals surface area contributed by atoms with Crippen LogP contribution in [0.4, 0.5) is 5.69 Å². The van der Waals surface area contributed by atoms with Crippen LogP contribution in [0.3, 0.4) is 0 Å². The van der Waals surface area contributed by atoms with Crippen LogP contribution in [0.2, 0.25) is 0 Å². The monoisotopic (exact) mass is 397 g/mol. The second-order valence-electron chi connectivity index (χ2n) is 8.41. The number of rotatable bonds is 5. The number of carbonyl (C=O) groups is 2. The molecule has 0 radical (unpaired) electrons. The van der Waals surface area contributed by atoms with Crippen molar-refractivity contribution in [1.29, 1.82) is 0 Å². The van der Waals surface area contributed by atoms with E-state index < -0.39 is 5.41 Å². The van der Waals surface area contributed by atoms with Gasteiger partial charge in [-0.25, -0.2) is 0 Å². The standard InChI is InChI=1S/C23H31N3O3/c1-3-13-24-14-16-25(17-15-24)21(27)20-23(11-5-4-6-12-23)22(28)26(20)18-7-9-19(29-2)10-8-18/h3,7-10,20H,1,4-6,11-17H2,2H3. The summed E-state index contributed by atoms with van der Waals surface area (Å²) in [5, 5.41) is 0. The fraction of sp³-hybridized carbons (Fsp3) is 0.565. The van der Waals surface area contributed by atoms with E-state index in [0.717, 1.165) is 63.2 Å². The number of nitrogens with zero attached hydrogens (tertiary/aromatic N) is 3. The summed E-state index contributed by atoms with van der Waals surface area (Å²) in [5.74, 6) is 0.974. The molecular weight excluding hydrogens is 366 g/mol. The molecule has 2 amide bonds. The van der Waals surface area contributed by atoms with Gasteiger partial charge in [0, 0.05) is 38.4 Å². The molecule has 29 heavy (non-hydrogen) atoms. The van der Waals surface area contributed by atoms with Crippen molar-refractivity contribution in [2.45, 2.75) is 38.1 Å². The van der Waals surface area contributed by atoms with Gasteiger partial charge in [-0.05, 0) is 37.1 Å². The normalized spacial score (nSPS) is 24.3. The molecule has 156 valence electrons. The van der Waals surface area contributed by atoms with E-state index in [0.29, 0.717) is 13.1 Å². The number of amides is 2. The van der Waals surface area contributed by atoms with Crippen molar-refractivity contribution in [2.24, 2.45) is 5.41 Å². The Bertz CT molecular complexity index is 762. The van der Waals surface area contributed by atoms with E-state index in [1.165, 1.54) is 0 Å². The molecule has 3 fully saturated rings. The van der Waals surface area contributed by atoms with Gasteiger partial charge >= 0.3 is 0 Å². The van der Waals surface area contributed by atoms with E-state index in [4.69, 9.17) is 4.74 Å². The minimum Gasteiger partial charge on any atom is -0.497 e. The molecular formula is C23H31N3O3. The largest absolute Gasteiger partial charge is 0.497 e. The molecule has 3 aliphatic rings. The van der Waals surface area contributed by atoms with Gasteiger partial charge in [0.05, 0.1) is 12.5 Å². The average Bonchev–Trinajstić information content (AvgIpc) is 2.78. The molecule has 2 aliphatic heterocycles. The third-order valence-electron chi connectivity index (χ3n) is 6.83. The molecule has 1 aromatic carbocycles. The van der Waals surface area contributed by atoms with Crippen LogP contribution in [0.1, 0.15) is 32.1 Å². The van der Waals surface area contributed by atoms with Crippen LogP contribution in [-0.4, -0.2) is 67.5 Å². The van der Waals surface area contributed by atoms with Crippen molar-refractivity contribution in [2.75, 3.05) is 44.7 Å². The van der Waals surface area contributed by atoms with E-state index in [1.807, 2.05) is 35.2 Å². The molecule has 1 aliphatic carbocycles. The van der Waals surface area contributed by atoms with Crippen molar-refractivity contribution in [3.05, 3.63) is 36.9 Å². The van der Waals surface area contributed by atoms with Crippen molar-refractivity contribution < 1.29 is 14.3 Å². The molecule has 1 unspecified atom stereocenters. The van der Waals surface area contributed by atoms with Crippen molar-refractivity contribution in [1.82, 2.24) is 9.80 Å². The predicted octanol–water partition coefficient (Wildman–Crippen LogP) is 2.69. The highest BCUT2D eigenvalue weighted by Crippen LogP contribution is 2.52. The van der Waals surface area contributed by atoms with Gasteiger partial charge in [-0.15, -0.1) is 6.58 Å². The van der Waals surface area contributed by atoms with E-state index >= 15 is 0 Å². The quantitative estimate of drug-likeness (QED) is 0.566. The molecule has 1 atom stereocenters. The molecule has 2 heterocycles. The van der Waals surface area contributed by atoms with Gasteiger partial charge < -0.3 is 9.64 Å². The molecule has 0 bridgehead atoms. The molecule has 1 spiro atoms. The predicted molar refractivity (Wildman–Crippen MR) is 113 cm³/mol. The van der Waals surface area contributed by atoms with Crippen LogP contribution >= 0.6 is 0 Å². The van der Waals surface area contributed by atoms with Crippen LogP contribution in [0, 0.1) is 5.41 Å². The summed E-state index contributed by atoms with van der Waals surface area (Å²) in [5.41, 5.74) is 0.281. The molecule has 1 aromatic rings. The van der Waals surface area contributed by atoms with Crippen LogP contribution < -0.4 is 9.64 Å². The number of ether oxygens (including phenoxy) is 1. The molecule has 6 nitrogen and oxygen atoms in total. The Labute approximate surface area is 173 Å². The first-order chi connectivity index (χ1) is 14.1. The average molecular weight is 398 g/mol. The Hall–Kier alpha value is -2.34. The smallest absolute Gasteiger partial charge is 0.246 e. The zero-order chi connectivity index (χ0) is 20.4. The maximum atomic E-state index is 13.6. The lowest BCUT2D eigenvalue weighted by Gasteiger charge is -2.57. The van der Waals surface area contributed by atoms with Crippen LogP contribution in [0.25, 0.3) is 0 Å². The third-order valence-corrected chi connectivity index (χ3v) is 6.83. The summed E-state index contributed by atoms with van der Waals surface area (Å²) in [6.45, 7) is 7.79. The van der Waals surface area contributed by atoms with Crippen molar-refractivity contribution in [3.63, 3.8) is 0 Å². The topological polar surface area (TPSA) is 53.1 Å². The van der Waals surface area contributed by atoms with Crippen molar-refractivity contribution in [3.8, 4) is 5.75 Å². The van der Waals surface area contributed by atoms with Crippen LogP contribution in [0.5, 0.6) is 5.75 Å². The van der Waals surface area contributed by atoms with Crippen LogP contribution in [-0.2, 0) is 9.59 Å². The number of β-lactam (4-membered cyclic amide) rings is 1. The zero-order valence-electron chi connectivity index (χ0n) is 17.3. The third kappa shape index (κ3) is 3.44. The lowest BCUT2D eigenvalue weighted by atomic mass is 9.61. The van der Waals surface area contributed by atoms with Gasteiger partial charge in [0.2, 0.25) is 11.8 Å². The Morgan fingerprint density at radius 2 is 1.79 bits per heavy atom. The Balaban J connectivity index is 1.57.